The molecule has 5 fully saturated rings. The third-order valence-corrected chi connectivity index (χ3v) is 17.6. The lowest BCUT2D eigenvalue weighted by Gasteiger charge is -2.38. The number of rotatable bonds is 15. The van der Waals surface area contributed by atoms with Crippen molar-refractivity contribution in [3.8, 4) is 22.3 Å². The van der Waals surface area contributed by atoms with Crippen molar-refractivity contribution in [2.75, 3.05) is 76.6 Å². The standard InChI is InChI=1S/C61H69ClN12O2/c1-4-73-56-42(31-53(58(73)75)49-20-10-40(38-6-7-38)30-52(49)39-8-9-39)35-63-60(67-56)66-46-14-18-48(19-15-46)72-28-24-70(25-29-72)37-44-33-51(44)41-11-21-50(55(62)34-41)54-32-43-36-64-61(68-57(43)74(5-2)59(54)76)65-45-12-16-47(17-13-45)71-26-22-69(3)23-27-71/h10-12,14,16,18,20-21,30-32,34-36,38-39,44,51H,4-9,13,15,17,19,22-29,33,37H2,1-3H3,(H,63,66,67)(H,64,65,68). The summed E-state index contributed by atoms with van der Waals surface area (Å²) in [5, 5.41) is 9.21. The predicted octanol–water partition coefficient (Wildman–Crippen LogP) is 10.3. The van der Waals surface area contributed by atoms with E-state index in [1.165, 1.54) is 53.8 Å². The minimum Gasteiger partial charge on any atom is -0.372 e. The van der Waals surface area contributed by atoms with Gasteiger partial charge in [0, 0.05) is 140 Å². The van der Waals surface area contributed by atoms with Crippen LogP contribution in [-0.4, -0.2) is 115 Å². The Labute approximate surface area is 449 Å². The van der Waals surface area contributed by atoms with Gasteiger partial charge < -0.3 is 25.3 Å². The zero-order valence-electron chi connectivity index (χ0n) is 44.2. The fourth-order valence-electron chi connectivity index (χ4n) is 12.4. The second-order valence-corrected chi connectivity index (χ2v) is 22.8. The summed E-state index contributed by atoms with van der Waals surface area (Å²) in [5.41, 5.74) is 13.3. The van der Waals surface area contributed by atoms with Gasteiger partial charge in [0.05, 0.1) is 0 Å². The zero-order chi connectivity index (χ0) is 51.6. The summed E-state index contributed by atoms with van der Waals surface area (Å²) in [6.45, 7) is 14.5. The number of benzene rings is 2. The van der Waals surface area contributed by atoms with Crippen LogP contribution in [0.25, 0.3) is 44.3 Å². The SMILES string of the molecule is CCn1c(=O)c(-c2ccc(C3CC3CN3CCN(C4=CC=C(Nc5ncc6cc(-c7ccc(C8CC8)cc7C7CC7)c(=O)n(CC)c6n5)CC4)CC3)cc2Cl)cc2cnc(NC3=CC=C(N4CCN(C)CC4)CC3)nc21. The minimum absolute atomic E-state index is 0.0148. The van der Waals surface area contributed by atoms with Gasteiger partial charge in [0.1, 0.15) is 11.3 Å². The molecule has 13 rings (SSSR count). The average Bonchev–Trinajstić information content (AvgIpc) is 4.30. The van der Waals surface area contributed by atoms with E-state index in [4.69, 9.17) is 26.6 Å². The van der Waals surface area contributed by atoms with E-state index < -0.39 is 0 Å². The van der Waals surface area contributed by atoms with E-state index in [0.29, 0.717) is 70.5 Å². The Bertz CT molecular complexity index is 3520. The number of halogens is 1. The first-order valence-electron chi connectivity index (χ1n) is 28.1. The number of anilines is 2. The number of nitrogens with one attached hydrogen (secondary N) is 2. The van der Waals surface area contributed by atoms with Crippen molar-refractivity contribution in [2.24, 2.45) is 5.92 Å². The lowest BCUT2D eigenvalue weighted by atomic mass is 9.93. The van der Waals surface area contributed by atoms with E-state index >= 15 is 0 Å². The molecule has 2 saturated heterocycles. The number of hydrogen-bond donors (Lipinski definition) is 2. The molecule has 6 aromatic rings. The van der Waals surface area contributed by atoms with Crippen LogP contribution in [0.3, 0.4) is 0 Å². The fraction of sp³-hybridized carbons (Fsp3) is 0.443. The number of pyridine rings is 2. The summed E-state index contributed by atoms with van der Waals surface area (Å²) in [7, 11) is 2.18. The van der Waals surface area contributed by atoms with Gasteiger partial charge in [0.2, 0.25) is 11.9 Å². The second-order valence-electron chi connectivity index (χ2n) is 22.4. The summed E-state index contributed by atoms with van der Waals surface area (Å²) in [5.74, 6) is 3.32. The number of aromatic nitrogens is 6. The second kappa shape index (κ2) is 20.4. The quantitative estimate of drug-likeness (QED) is 0.101. The summed E-state index contributed by atoms with van der Waals surface area (Å²) < 4.78 is 3.54. The van der Waals surface area contributed by atoms with Crippen molar-refractivity contribution >= 4 is 45.6 Å². The largest absolute Gasteiger partial charge is 0.372 e. The predicted molar refractivity (Wildman–Crippen MR) is 305 cm³/mol. The minimum atomic E-state index is -0.103. The Balaban J connectivity index is 0.612. The van der Waals surface area contributed by atoms with E-state index in [1.807, 2.05) is 49.0 Å². The van der Waals surface area contributed by atoms with Crippen molar-refractivity contribution in [1.29, 1.82) is 0 Å². The van der Waals surface area contributed by atoms with Gasteiger partial charge in [-0.3, -0.25) is 23.6 Å². The molecule has 0 bridgehead atoms. The van der Waals surface area contributed by atoms with Crippen molar-refractivity contribution in [3.63, 3.8) is 0 Å². The molecule has 2 aromatic carbocycles. The molecular weight excluding hydrogens is 968 g/mol. The molecule has 0 amide bonds. The topological polar surface area (TPSA) is 133 Å². The van der Waals surface area contributed by atoms with E-state index in [0.717, 1.165) is 130 Å². The third kappa shape index (κ3) is 9.88. The molecule has 4 aromatic heterocycles. The van der Waals surface area contributed by atoms with Crippen LogP contribution in [0.1, 0.15) is 106 Å². The van der Waals surface area contributed by atoms with Gasteiger partial charge in [-0.15, -0.1) is 0 Å². The number of piperazine rings is 2. The monoisotopic (exact) mass is 1040 g/mol. The van der Waals surface area contributed by atoms with E-state index in [2.05, 4.69) is 96.9 Å². The molecule has 3 saturated carbocycles. The number of fused-ring (bicyclic) bond motifs is 2. The van der Waals surface area contributed by atoms with Crippen LogP contribution in [-0.2, 0) is 13.1 Å². The highest BCUT2D eigenvalue weighted by atomic mass is 35.5. The van der Waals surface area contributed by atoms with Gasteiger partial charge >= 0.3 is 0 Å². The first-order chi connectivity index (χ1) is 37.1. The van der Waals surface area contributed by atoms with Crippen LogP contribution < -0.4 is 21.8 Å². The molecule has 5 aliphatic carbocycles. The average molecular weight is 1040 g/mol. The lowest BCUT2D eigenvalue weighted by molar-refractivity contribution is 0.150. The van der Waals surface area contributed by atoms with Gasteiger partial charge in [-0.1, -0.05) is 41.9 Å². The van der Waals surface area contributed by atoms with Gasteiger partial charge in [-0.25, -0.2) is 9.97 Å². The fourth-order valence-corrected chi connectivity index (χ4v) is 12.7. The Morgan fingerprint density at radius 3 is 1.66 bits per heavy atom. The molecule has 0 spiro atoms. The molecule has 2 N–H and O–H groups in total. The molecule has 392 valence electrons. The molecule has 0 radical (unpaired) electrons. The Kier molecular flexibility index (Phi) is 13.2. The highest BCUT2D eigenvalue weighted by Gasteiger charge is 2.40. The maximum Gasteiger partial charge on any atom is 0.260 e. The van der Waals surface area contributed by atoms with Gasteiger partial charge in [-0.2, -0.15) is 9.97 Å². The van der Waals surface area contributed by atoms with Crippen LogP contribution in [0.4, 0.5) is 11.9 Å². The van der Waals surface area contributed by atoms with Gasteiger partial charge in [0.25, 0.3) is 11.1 Å². The highest BCUT2D eigenvalue weighted by molar-refractivity contribution is 6.33. The number of nitrogens with zero attached hydrogens (tertiary/aromatic N) is 10. The third-order valence-electron chi connectivity index (χ3n) is 17.3. The Morgan fingerprint density at radius 1 is 0.592 bits per heavy atom. The van der Waals surface area contributed by atoms with Crippen molar-refractivity contribution in [1.82, 2.24) is 48.7 Å². The molecule has 15 heteroatoms. The van der Waals surface area contributed by atoms with Crippen molar-refractivity contribution in [3.05, 3.63) is 150 Å². The molecule has 76 heavy (non-hydrogen) atoms. The van der Waals surface area contributed by atoms with Crippen LogP contribution in [0.15, 0.2) is 118 Å². The van der Waals surface area contributed by atoms with Crippen molar-refractivity contribution in [2.45, 2.75) is 102 Å². The van der Waals surface area contributed by atoms with Crippen LogP contribution in [0, 0.1) is 5.92 Å². The molecular formula is C61H69ClN12O2. The lowest BCUT2D eigenvalue weighted by Crippen LogP contribution is -2.46. The first-order valence-corrected chi connectivity index (χ1v) is 28.5. The smallest absolute Gasteiger partial charge is 0.260 e. The molecule has 2 unspecified atom stereocenters. The number of hydrogen-bond acceptors (Lipinski definition) is 12. The number of likely N-dealkylation sites (N-methyl/N-ethyl adjacent to an activating group) is 1. The van der Waals surface area contributed by atoms with E-state index in [9.17, 15) is 9.59 Å². The molecule has 14 nitrogen and oxygen atoms in total. The maximum atomic E-state index is 14.1. The summed E-state index contributed by atoms with van der Waals surface area (Å²) in [6, 6.07) is 17.0. The summed E-state index contributed by atoms with van der Waals surface area (Å²) in [4.78, 5) is 57.4. The maximum absolute atomic E-state index is 14.1. The van der Waals surface area contributed by atoms with Crippen molar-refractivity contribution < 1.29 is 0 Å². The first kappa shape index (κ1) is 49.0. The Morgan fingerprint density at radius 2 is 1.13 bits per heavy atom. The highest BCUT2D eigenvalue weighted by Crippen LogP contribution is 2.50. The normalized spacial score (nSPS) is 21.4. The molecule has 6 heterocycles. The van der Waals surface area contributed by atoms with E-state index in [1.54, 1.807) is 4.57 Å². The number of allylic oxidation sites excluding steroid dienone is 8. The van der Waals surface area contributed by atoms with Gasteiger partial charge in [0.15, 0.2) is 0 Å². The molecule has 2 aliphatic heterocycles. The van der Waals surface area contributed by atoms with Crippen LogP contribution in [0.5, 0.6) is 0 Å². The zero-order valence-corrected chi connectivity index (χ0v) is 45.0. The van der Waals surface area contributed by atoms with Crippen LogP contribution >= 0.6 is 11.6 Å². The summed E-state index contributed by atoms with van der Waals surface area (Å²) in [6.07, 6.45) is 22.2. The van der Waals surface area contributed by atoms with Crippen LogP contribution in [0.2, 0.25) is 5.02 Å². The molecule has 7 aliphatic rings. The van der Waals surface area contributed by atoms with E-state index in [-0.39, 0.29) is 11.1 Å². The summed E-state index contributed by atoms with van der Waals surface area (Å²) >= 11 is 7.06. The molecule has 2 atom stereocenters. The van der Waals surface area contributed by atoms with Gasteiger partial charge in [-0.05, 0) is 167 Å². The Hall–Kier alpha value is -6.61. The number of aryl methyl sites for hydroxylation is 2.